The molecule has 162 valence electrons. The lowest BCUT2D eigenvalue weighted by Crippen LogP contribution is -2.56. The number of hydrogen-bond acceptors (Lipinski definition) is 4. The predicted molar refractivity (Wildman–Crippen MR) is 133 cm³/mol. The van der Waals surface area contributed by atoms with Crippen molar-refractivity contribution in [2.75, 3.05) is 0 Å². The molecule has 0 fully saturated rings. The second-order valence-electron chi connectivity index (χ2n) is 10.1. The van der Waals surface area contributed by atoms with Gasteiger partial charge < -0.3 is 16.5 Å². The summed E-state index contributed by atoms with van der Waals surface area (Å²) in [5.41, 5.74) is 1.37. The first kappa shape index (κ1) is 26.2. The van der Waals surface area contributed by atoms with Crippen LogP contribution in [-0.2, 0) is 22.9 Å². The SMILES string of the molecule is C[SiH](O[Si](C)(C)C)O[Si](C)(CCCc1ccccc1)O[Si](C)(C)O[Si](C)(C)C. The fraction of sp³-hybridized carbons (Fsp3) is 0.684. The molecule has 9 heteroatoms. The summed E-state index contributed by atoms with van der Waals surface area (Å²) in [5, 5.41) is 0. The lowest BCUT2D eigenvalue weighted by atomic mass is 10.1. The molecule has 0 amide bonds. The minimum atomic E-state index is -2.38. The average Bonchev–Trinajstić information content (AvgIpc) is 2.42. The van der Waals surface area contributed by atoms with Crippen molar-refractivity contribution in [3.05, 3.63) is 35.9 Å². The fourth-order valence-corrected chi connectivity index (χ4v) is 23.9. The molecular weight excluding hydrogens is 433 g/mol. The molecule has 1 aromatic rings. The second kappa shape index (κ2) is 10.4. The Balaban J connectivity index is 2.85. The van der Waals surface area contributed by atoms with Crippen LogP contribution in [0.2, 0.25) is 71.5 Å². The van der Waals surface area contributed by atoms with Crippen molar-refractivity contribution in [1.29, 1.82) is 0 Å². The van der Waals surface area contributed by atoms with Crippen LogP contribution < -0.4 is 0 Å². The van der Waals surface area contributed by atoms with E-state index >= 15 is 0 Å². The Morgan fingerprint density at radius 3 is 1.82 bits per heavy atom. The molecule has 0 spiro atoms. The molecule has 0 N–H and O–H groups in total. The van der Waals surface area contributed by atoms with Gasteiger partial charge in [-0.2, -0.15) is 0 Å². The van der Waals surface area contributed by atoms with Crippen LogP contribution in [0, 0.1) is 0 Å². The van der Waals surface area contributed by atoms with Crippen LogP contribution in [0.25, 0.3) is 0 Å². The third-order valence-electron chi connectivity index (χ3n) is 3.89. The van der Waals surface area contributed by atoms with Crippen LogP contribution in [0.3, 0.4) is 0 Å². The van der Waals surface area contributed by atoms with E-state index in [0.717, 1.165) is 18.9 Å². The minimum Gasteiger partial charge on any atom is -0.439 e. The Morgan fingerprint density at radius 2 is 1.32 bits per heavy atom. The zero-order chi connectivity index (χ0) is 21.6. The smallest absolute Gasteiger partial charge is 0.317 e. The molecule has 0 bridgehead atoms. The molecule has 0 saturated carbocycles. The highest BCUT2D eigenvalue weighted by Gasteiger charge is 2.43. The van der Waals surface area contributed by atoms with Gasteiger partial charge in [0.05, 0.1) is 0 Å². The van der Waals surface area contributed by atoms with Crippen LogP contribution in [0.15, 0.2) is 30.3 Å². The summed E-state index contributed by atoms with van der Waals surface area (Å²) in [6.45, 7) is 22.1. The van der Waals surface area contributed by atoms with Crippen molar-refractivity contribution < 1.29 is 16.5 Å². The van der Waals surface area contributed by atoms with Crippen molar-refractivity contribution in [1.82, 2.24) is 0 Å². The summed E-state index contributed by atoms with van der Waals surface area (Å²) >= 11 is 0. The van der Waals surface area contributed by atoms with Gasteiger partial charge in [0.1, 0.15) is 0 Å². The number of benzene rings is 1. The van der Waals surface area contributed by atoms with Crippen LogP contribution in [0.1, 0.15) is 12.0 Å². The molecule has 0 aliphatic heterocycles. The van der Waals surface area contributed by atoms with Crippen molar-refractivity contribution in [2.45, 2.75) is 84.4 Å². The number of aryl methyl sites for hydroxylation is 1. The Hall–Kier alpha value is 0.144. The highest BCUT2D eigenvalue weighted by atomic mass is 28.5. The molecule has 2 unspecified atom stereocenters. The lowest BCUT2D eigenvalue weighted by molar-refractivity contribution is 0.304. The van der Waals surface area contributed by atoms with E-state index in [1.807, 2.05) is 0 Å². The second-order valence-corrected chi connectivity index (χ2v) is 28.8. The van der Waals surface area contributed by atoms with E-state index in [2.05, 4.69) is 95.8 Å². The van der Waals surface area contributed by atoms with E-state index < -0.39 is 43.0 Å². The molecule has 1 aromatic carbocycles. The summed E-state index contributed by atoms with van der Waals surface area (Å²) in [5.74, 6) is 0. The van der Waals surface area contributed by atoms with Gasteiger partial charge in [0.2, 0.25) is 0 Å². The van der Waals surface area contributed by atoms with E-state index in [1.165, 1.54) is 5.56 Å². The Morgan fingerprint density at radius 1 is 0.750 bits per heavy atom. The first-order valence-corrected chi connectivity index (χ1v) is 24.6. The van der Waals surface area contributed by atoms with Gasteiger partial charge in [0, 0.05) is 0 Å². The molecule has 28 heavy (non-hydrogen) atoms. The molecule has 0 heterocycles. The monoisotopic (exact) mass is 474 g/mol. The van der Waals surface area contributed by atoms with E-state index in [-0.39, 0.29) is 0 Å². The van der Waals surface area contributed by atoms with Gasteiger partial charge in [-0.1, -0.05) is 30.3 Å². The molecule has 0 aliphatic carbocycles. The Kier molecular flexibility index (Phi) is 9.77. The van der Waals surface area contributed by atoms with Gasteiger partial charge in [-0.15, -0.1) is 0 Å². The third kappa shape index (κ3) is 12.0. The summed E-state index contributed by atoms with van der Waals surface area (Å²) in [6, 6.07) is 11.6. The van der Waals surface area contributed by atoms with Crippen LogP contribution in [0.5, 0.6) is 0 Å². The zero-order valence-corrected chi connectivity index (χ0v) is 24.9. The maximum atomic E-state index is 6.76. The topological polar surface area (TPSA) is 36.9 Å². The maximum Gasteiger partial charge on any atom is 0.317 e. The van der Waals surface area contributed by atoms with Gasteiger partial charge in [-0.25, -0.2) is 0 Å². The summed E-state index contributed by atoms with van der Waals surface area (Å²) in [7, 11) is -9.65. The standard InChI is InChI=1S/C19H42O4Si5/c1-24(20-25(2,3)4)21-28(10,23-27(8,9)22-26(5,6)7)18-14-17-19-15-12-11-13-16-19/h11-13,15-16,24H,14,17-18H2,1-10H3. The first-order valence-electron chi connectivity index (χ1n) is 10.4. The fourth-order valence-electron chi connectivity index (χ4n) is 3.54. The highest BCUT2D eigenvalue weighted by Crippen LogP contribution is 2.27. The largest absolute Gasteiger partial charge is 0.439 e. The van der Waals surface area contributed by atoms with E-state index in [1.54, 1.807) is 0 Å². The molecule has 4 nitrogen and oxygen atoms in total. The van der Waals surface area contributed by atoms with Gasteiger partial charge in [-0.05, 0) is 89.9 Å². The van der Waals surface area contributed by atoms with Crippen LogP contribution in [-0.4, -0.2) is 43.0 Å². The van der Waals surface area contributed by atoms with E-state index in [9.17, 15) is 0 Å². The molecule has 0 saturated heterocycles. The quantitative estimate of drug-likeness (QED) is 0.349. The van der Waals surface area contributed by atoms with Crippen LogP contribution >= 0.6 is 0 Å². The number of rotatable bonds is 12. The zero-order valence-electron chi connectivity index (χ0n) is 19.7. The number of hydrogen-bond donors (Lipinski definition) is 0. The third-order valence-corrected chi connectivity index (χ3v) is 20.7. The normalized spacial score (nSPS) is 16.6. The summed E-state index contributed by atoms with van der Waals surface area (Å²) in [4.78, 5) is 0. The Bertz CT molecular complexity index is 586. The maximum absolute atomic E-state index is 6.76. The van der Waals surface area contributed by atoms with Crippen molar-refractivity contribution in [3.63, 3.8) is 0 Å². The van der Waals surface area contributed by atoms with Gasteiger partial charge >= 0.3 is 17.1 Å². The molecular formula is C19H42O4Si5. The summed E-state index contributed by atoms with van der Waals surface area (Å²) in [6.07, 6.45) is 2.12. The van der Waals surface area contributed by atoms with Gasteiger partial charge in [-0.3, -0.25) is 0 Å². The van der Waals surface area contributed by atoms with Crippen molar-refractivity contribution in [2.24, 2.45) is 0 Å². The highest BCUT2D eigenvalue weighted by molar-refractivity contribution is 6.88. The van der Waals surface area contributed by atoms with E-state index in [4.69, 9.17) is 16.5 Å². The molecule has 1 rings (SSSR count). The van der Waals surface area contributed by atoms with Crippen molar-refractivity contribution >= 4 is 43.0 Å². The van der Waals surface area contributed by atoms with E-state index in [0.29, 0.717) is 0 Å². The van der Waals surface area contributed by atoms with Gasteiger partial charge in [0.15, 0.2) is 16.6 Å². The lowest BCUT2D eigenvalue weighted by Gasteiger charge is -2.40. The van der Waals surface area contributed by atoms with Crippen molar-refractivity contribution in [3.8, 4) is 0 Å². The predicted octanol–water partition coefficient (Wildman–Crippen LogP) is 5.98. The molecule has 0 radical (unpaired) electrons. The van der Waals surface area contributed by atoms with Gasteiger partial charge in [0.25, 0.3) is 9.28 Å². The first-order chi connectivity index (χ1) is 12.6. The molecule has 2 atom stereocenters. The summed E-state index contributed by atoms with van der Waals surface area (Å²) < 4.78 is 26.2. The van der Waals surface area contributed by atoms with Crippen LogP contribution in [0.4, 0.5) is 0 Å². The molecule has 0 aliphatic rings. The Labute approximate surface area is 179 Å². The average molecular weight is 475 g/mol. The minimum absolute atomic E-state index is 0.972. The molecule has 0 aromatic heterocycles.